The molecule has 86 valence electrons. The number of ether oxygens (including phenoxy) is 2. The van der Waals surface area contributed by atoms with Gasteiger partial charge in [0.1, 0.15) is 0 Å². The summed E-state index contributed by atoms with van der Waals surface area (Å²) in [6.45, 7) is 5.73. The van der Waals surface area contributed by atoms with Crippen molar-refractivity contribution in [2.45, 2.75) is 45.2 Å². The Morgan fingerprint density at radius 1 is 1.53 bits per heavy atom. The summed E-state index contributed by atoms with van der Waals surface area (Å²) >= 11 is 0. The molecule has 1 heterocycles. The number of hydrogen-bond acceptors (Lipinski definition) is 3. The summed E-state index contributed by atoms with van der Waals surface area (Å²) in [5.74, 6) is 1.81. The van der Waals surface area contributed by atoms with Crippen molar-refractivity contribution >= 4 is 0 Å². The highest BCUT2D eigenvalue weighted by molar-refractivity contribution is 4.96. The van der Waals surface area contributed by atoms with Gasteiger partial charge in [-0.1, -0.05) is 13.8 Å². The number of hydrogen-bond donors (Lipinski definition) is 1. The van der Waals surface area contributed by atoms with Crippen molar-refractivity contribution < 1.29 is 14.6 Å². The second-order valence-corrected chi connectivity index (χ2v) is 4.42. The second kappa shape index (κ2) is 4.52. The predicted molar refractivity (Wildman–Crippen MR) is 58.1 cm³/mol. The van der Waals surface area contributed by atoms with E-state index in [-0.39, 0.29) is 17.9 Å². The summed E-state index contributed by atoms with van der Waals surface area (Å²) in [5.41, 5.74) is 0. The highest BCUT2D eigenvalue weighted by atomic mass is 16.7. The zero-order chi connectivity index (χ0) is 11.6. The molecule has 0 aromatic rings. The van der Waals surface area contributed by atoms with E-state index in [1.165, 1.54) is 0 Å². The normalized spacial score (nSPS) is 46.1. The molecule has 3 heteroatoms. The zero-order valence-corrected chi connectivity index (χ0v) is 9.86. The van der Waals surface area contributed by atoms with Crippen LogP contribution in [0.1, 0.15) is 27.2 Å². The van der Waals surface area contributed by atoms with Crippen molar-refractivity contribution in [3.05, 3.63) is 0 Å². The van der Waals surface area contributed by atoms with Crippen LogP contribution in [0.3, 0.4) is 0 Å². The first-order valence-electron chi connectivity index (χ1n) is 5.30. The monoisotopic (exact) mass is 212 g/mol. The number of rotatable bonds is 2. The molecule has 1 aliphatic rings. The van der Waals surface area contributed by atoms with Crippen molar-refractivity contribution in [1.82, 2.24) is 0 Å². The van der Waals surface area contributed by atoms with E-state index in [0.29, 0.717) is 6.42 Å². The lowest BCUT2D eigenvalue weighted by Gasteiger charge is -2.47. The zero-order valence-electron chi connectivity index (χ0n) is 9.86. The van der Waals surface area contributed by atoms with Crippen LogP contribution in [-0.2, 0) is 9.47 Å². The molecular formula is C12H20O3. The second-order valence-electron chi connectivity index (χ2n) is 4.42. The minimum Gasteiger partial charge on any atom is -0.392 e. The molecule has 0 aliphatic carbocycles. The Hall–Kier alpha value is -0.560. The van der Waals surface area contributed by atoms with Crippen molar-refractivity contribution in [1.29, 1.82) is 0 Å². The van der Waals surface area contributed by atoms with E-state index >= 15 is 0 Å². The number of aliphatic hydroxyl groups is 1. The van der Waals surface area contributed by atoms with Crippen LogP contribution in [0.5, 0.6) is 0 Å². The fourth-order valence-electron chi connectivity index (χ4n) is 2.08. The van der Waals surface area contributed by atoms with Crippen LogP contribution in [0.2, 0.25) is 0 Å². The standard InChI is InChI=1S/C12H20O3/c1-6-7-10-8(2)11(13)9(3)12(4,14-5)15-10/h1,8-11,13H,7H2,2-5H3/t8-,9+,10+,11-,12-/m0/s1. The SMILES string of the molecule is C#CC[C@H]1O[C@](C)(OC)[C@H](C)[C@@H](O)[C@H]1C. The van der Waals surface area contributed by atoms with Crippen LogP contribution in [-0.4, -0.2) is 30.2 Å². The molecule has 0 amide bonds. The predicted octanol–water partition coefficient (Wildman–Crippen LogP) is 1.40. The maximum atomic E-state index is 10.1. The van der Waals surface area contributed by atoms with E-state index in [9.17, 15) is 5.11 Å². The van der Waals surface area contributed by atoms with Crippen LogP contribution in [0.4, 0.5) is 0 Å². The lowest BCUT2D eigenvalue weighted by Crippen LogP contribution is -2.56. The number of methoxy groups -OCH3 is 1. The summed E-state index contributed by atoms with van der Waals surface area (Å²) < 4.78 is 11.2. The van der Waals surface area contributed by atoms with E-state index in [1.807, 2.05) is 20.8 Å². The summed E-state index contributed by atoms with van der Waals surface area (Å²) in [5, 5.41) is 10.1. The molecule has 1 N–H and O–H groups in total. The third-order valence-corrected chi connectivity index (χ3v) is 3.57. The molecule has 0 bridgehead atoms. The van der Waals surface area contributed by atoms with Gasteiger partial charge in [0, 0.05) is 25.4 Å². The first-order chi connectivity index (χ1) is 6.96. The van der Waals surface area contributed by atoms with E-state index < -0.39 is 11.9 Å². The lowest BCUT2D eigenvalue weighted by atomic mass is 9.80. The Bertz CT molecular complexity index is 258. The quantitative estimate of drug-likeness (QED) is 0.703. The Morgan fingerprint density at radius 2 is 2.13 bits per heavy atom. The average Bonchev–Trinajstić information content (AvgIpc) is 2.23. The van der Waals surface area contributed by atoms with E-state index in [1.54, 1.807) is 7.11 Å². The number of terminal acetylenes is 1. The maximum Gasteiger partial charge on any atom is 0.170 e. The molecule has 3 nitrogen and oxygen atoms in total. The van der Waals surface area contributed by atoms with Gasteiger partial charge < -0.3 is 14.6 Å². The molecule has 1 aliphatic heterocycles. The van der Waals surface area contributed by atoms with Crippen LogP contribution in [0.15, 0.2) is 0 Å². The highest BCUT2D eigenvalue weighted by Gasteiger charge is 2.47. The third kappa shape index (κ3) is 2.17. The van der Waals surface area contributed by atoms with Gasteiger partial charge in [0.25, 0.3) is 0 Å². The van der Waals surface area contributed by atoms with Gasteiger partial charge in [0.2, 0.25) is 0 Å². The smallest absolute Gasteiger partial charge is 0.170 e. The van der Waals surface area contributed by atoms with Crippen molar-refractivity contribution in [2.75, 3.05) is 7.11 Å². The minimum absolute atomic E-state index is 0.0410. The summed E-state index contributed by atoms with van der Waals surface area (Å²) in [6.07, 6.45) is 5.21. The van der Waals surface area contributed by atoms with Gasteiger partial charge in [-0.15, -0.1) is 12.3 Å². The fourth-order valence-corrected chi connectivity index (χ4v) is 2.08. The van der Waals surface area contributed by atoms with Gasteiger partial charge in [-0.2, -0.15) is 0 Å². The molecule has 0 spiro atoms. The van der Waals surface area contributed by atoms with E-state index in [0.717, 1.165) is 0 Å². The first kappa shape index (κ1) is 12.5. The van der Waals surface area contributed by atoms with Gasteiger partial charge in [0.05, 0.1) is 12.2 Å². The Labute approximate surface area is 91.8 Å². The average molecular weight is 212 g/mol. The largest absolute Gasteiger partial charge is 0.392 e. The number of aliphatic hydroxyl groups excluding tert-OH is 1. The molecule has 0 saturated carbocycles. The molecular weight excluding hydrogens is 192 g/mol. The molecule has 1 rings (SSSR count). The third-order valence-electron chi connectivity index (χ3n) is 3.57. The van der Waals surface area contributed by atoms with Gasteiger partial charge in [-0.3, -0.25) is 0 Å². The van der Waals surface area contributed by atoms with Crippen molar-refractivity contribution in [3.63, 3.8) is 0 Å². The first-order valence-corrected chi connectivity index (χ1v) is 5.30. The Kier molecular flexibility index (Phi) is 3.77. The molecule has 0 aromatic carbocycles. The van der Waals surface area contributed by atoms with Crippen LogP contribution < -0.4 is 0 Å². The summed E-state index contributed by atoms with van der Waals surface area (Å²) in [4.78, 5) is 0. The van der Waals surface area contributed by atoms with Crippen molar-refractivity contribution in [2.24, 2.45) is 11.8 Å². The topological polar surface area (TPSA) is 38.7 Å². The van der Waals surface area contributed by atoms with Gasteiger partial charge in [-0.25, -0.2) is 0 Å². The van der Waals surface area contributed by atoms with E-state index in [2.05, 4.69) is 5.92 Å². The van der Waals surface area contributed by atoms with Gasteiger partial charge >= 0.3 is 0 Å². The van der Waals surface area contributed by atoms with Crippen molar-refractivity contribution in [3.8, 4) is 12.3 Å². The molecule has 5 atom stereocenters. The molecule has 1 saturated heterocycles. The molecule has 0 unspecified atom stereocenters. The molecule has 1 fully saturated rings. The summed E-state index contributed by atoms with van der Waals surface area (Å²) in [6, 6.07) is 0. The molecule has 0 radical (unpaired) electrons. The van der Waals surface area contributed by atoms with E-state index in [4.69, 9.17) is 15.9 Å². The van der Waals surface area contributed by atoms with Crippen LogP contribution in [0.25, 0.3) is 0 Å². The highest BCUT2D eigenvalue weighted by Crippen LogP contribution is 2.38. The van der Waals surface area contributed by atoms with Crippen LogP contribution in [0, 0.1) is 24.2 Å². The minimum atomic E-state index is -0.743. The Morgan fingerprint density at radius 3 is 2.60 bits per heavy atom. The van der Waals surface area contributed by atoms with Gasteiger partial charge in [0.15, 0.2) is 5.79 Å². The fraction of sp³-hybridized carbons (Fsp3) is 0.833. The molecule has 0 aromatic heterocycles. The van der Waals surface area contributed by atoms with Gasteiger partial charge in [-0.05, 0) is 6.92 Å². The summed E-state index contributed by atoms with van der Waals surface area (Å²) in [7, 11) is 1.59. The lowest BCUT2D eigenvalue weighted by molar-refractivity contribution is -0.317. The molecule has 15 heavy (non-hydrogen) atoms. The Balaban J connectivity index is 2.86. The maximum absolute atomic E-state index is 10.1. The van der Waals surface area contributed by atoms with Crippen LogP contribution >= 0.6 is 0 Å².